The highest BCUT2D eigenvalue weighted by Crippen LogP contribution is 2.42. The number of imidazole rings is 1. The zero-order valence-corrected chi connectivity index (χ0v) is 15.5. The molecule has 2 aromatic heterocycles. The lowest BCUT2D eigenvalue weighted by molar-refractivity contribution is 0.618. The van der Waals surface area contributed by atoms with E-state index in [0.717, 1.165) is 29.7 Å². The lowest BCUT2D eigenvalue weighted by Crippen LogP contribution is -2.15. The van der Waals surface area contributed by atoms with Crippen LogP contribution in [0.2, 0.25) is 0 Å². The predicted molar refractivity (Wildman–Crippen MR) is 98.9 cm³/mol. The fourth-order valence-electron chi connectivity index (χ4n) is 3.04. The molecule has 1 atom stereocenters. The summed E-state index contributed by atoms with van der Waals surface area (Å²) in [6.07, 6.45) is 3.36. The van der Waals surface area contributed by atoms with Crippen LogP contribution < -0.4 is 11.1 Å². The Labute approximate surface area is 157 Å². The van der Waals surface area contributed by atoms with Crippen LogP contribution in [0.15, 0.2) is 22.9 Å². The van der Waals surface area contributed by atoms with Gasteiger partial charge < -0.3 is 15.6 Å². The largest absolute Gasteiger partial charge is 0.382 e. The van der Waals surface area contributed by atoms with Gasteiger partial charge in [-0.2, -0.15) is 5.26 Å². The number of nitrogens with zero attached hydrogens (tertiary/aromatic N) is 5. The van der Waals surface area contributed by atoms with Crippen molar-refractivity contribution < 1.29 is 4.39 Å². The van der Waals surface area contributed by atoms with Crippen molar-refractivity contribution in [3.8, 4) is 6.07 Å². The molecule has 0 radical (unpaired) electrons. The minimum Gasteiger partial charge on any atom is -0.382 e. The number of rotatable bonds is 4. The number of nitriles is 1. The molecule has 0 bridgehead atoms. The molecule has 1 aromatic carbocycles. The molecular weight excluding hydrogens is 401 g/mol. The SMILES string of the molecule is CC(Nc1ncnc(N)c1C#N)c1nc2ccc(F)c(Br)c2n1C1CC1. The van der Waals surface area contributed by atoms with Crippen molar-refractivity contribution >= 4 is 38.6 Å². The van der Waals surface area contributed by atoms with Gasteiger partial charge in [-0.15, -0.1) is 0 Å². The molecule has 0 aliphatic heterocycles. The molecule has 1 unspecified atom stereocenters. The summed E-state index contributed by atoms with van der Waals surface area (Å²) in [5, 5.41) is 12.5. The Hall–Kier alpha value is -2.73. The number of aromatic nitrogens is 4. The first kappa shape index (κ1) is 16.7. The third-order valence-electron chi connectivity index (χ3n) is 4.41. The van der Waals surface area contributed by atoms with Crippen LogP contribution in [0.4, 0.5) is 16.0 Å². The van der Waals surface area contributed by atoms with E-state index in [4.69, 9.17) is 10.7 Å². The molecule has 0 amide bonds. The molecule has 1 saturated carbocycles. The smallest absolute Gasteiger partial charge is 0.150 e. The van der Waals surface area contributed by atoms with Crippen LogP contribution in [0.3, 0.4) is 0 Å². The van der Waals surface area contributed by atoms with Crippen molar-refractivity contribution in [2.24, 2.45) is 0 Å². The molecule has 0 spiro atoms. The standard InChI is InChI=1S/C17H15BrFN7/c1-8(24-16-10(6-20)15(21)22-7-23-16)17-25-12-5-4-11(19)13(18)14(12)26(17)9-2-3-9/h4-5,7-9H,2-3H2,1H3,(H3,21,22,23,24). The number of anilines is 2. The monoisotopic (exact) mass is 415 g/mol. The fourth-order valence-corrected chi connectivity index (χ4v) is 3.56. The Kier molecular flexibility index (Phi) is 4.00. The van der Waals surface area contributed by atoms with Crippen LogP contribution in [0, 0.1) is 17.1 Å². The molecule has 132 valence electrons. The Balaban J connectivity index is 1.80. The van der Waals surface area contributed by atoms with Gasteiger partial charge in [0.1, 0.15) is 41.2 Å². The maximum Gasteiger partial charge on any atom is 0.150 e. The van der Waals surface area contributed by atoms with Crippen molar-refractivity contribution in [2.75, 3.05) is 11.1 Å². The number of benzene rings is 1. The minimum absolute atomic E-state index is 0.123. The quantitative estimate of drug-likeness (QED) is 0.672. The van der Waals surface area contributed by atoms with Gasteiger partial charge in [-0.1, -0.05) is 0 Å². The average Bonchev–Trinajstić information content (AvgIpc) is 3.38. The molecule has 4 rings (SSSR count). The Morgan fingerprint density at radius 1 is 1.42 bits per heavy atom. The average molecular weight is 416 g/mol. The van der Waals surface area contributed by atoms with E-state index in [2.05, 4.69) is 35.8 Å². The van der Waals surface area contributed by atoms with E-state index in [1.807, 2.05) is 13.0 Å². The first-order valence-corrected chi connectivity index (χ1v) is 8.93. The molecular formula is C17H15BrFN7. The number of fused-ring (bicyclic) bond motifs is 1. The molecule has 3 aromatic rings. The molecule has 9 heteroatoms. The van der Waals surface area contributed by atoms with Gasteiger partial charge in [0, 0.05) is 6.04 Å². The summed E-state index contributed by atoms with van der Waals surface area (Å²) in [7, 11) is 0. The summed E-state index contributed by atoms with van der Waals surface area (Å²) in [6, 6.07) is 5.12. The second-order valence-electron chi connectivity index (χ2n) is 6.26. The zero-order valence-electron chi connectivity index (χ0n) is 13.9. The van der Waals surface area contributed by atoms with E-state index in [-0.39, 0.29) is 23.2 Å². The number of nitrogens with two attached hydrogens (primary N) is 1. The first-order chi connectivity index (χ1) is 12.5. The fraction of sp³-hybridized carbons (Fsp3) is 0.294. The van der Waals surface area contributed by atoms with Gasteiger partial charge in [0.25, 0.3) is 0 Å². The zero-order chi connectivity index (χ0) is 18.4. The first-order valence-electron chi connectivity index (χ1n) is 8.14. The van der Waals surface area contributed by atoms with Crippen molar-refractivity contribution in [3.05, 3.63) is 40.1 Å². The Morgan fingerprint density at radius 2 is 2.19 bits per heavy atom. The Morgan fingerprint density at radius 3 is 2.88 bits per heavy atom. The molecule has 1 fully saturated rings. The highest BCUT2D eigenvalue weighted by Gasteiger charge is 2.31. The topological polar surface area (TPSA) is 105 Å². The second kappa shape index (κ2) is 6.21. The molecule has 3 N–H and O–H groups in total. The van der Waals surface area contributed by atoms with Gasteiger partial charge in [0.15, 0.2) is 0 Å². The summed E-state index contributed by atoms with van der Waals surface area (Å²) < 4.78 is 16.5. The molecule has 1 aliphatic carbocycles. The molecule has 2 heterocycles. The van der Waals surface area contributed by atoms with Gasteiger partial charge in [-0.3, -0.25) is 0 Å². The third-order valence-corrected chi connectivity index (χ3v) is 5.17. The van der Waals surface area contributed by atoms with Crippen LogP contribution in [0.5, 0.6) is 0 Å². The summed E-state index contributed by atoms with van der Waals surface area (Å²) in [5.41, 5.74) is 7.41. The van der Waals surface area contributed by atoms with E-state index in [1.54, 1.807) is 6.07 Å². The molecule has 0 saturated heterocycles. The Bertz CT molecular complexity index is 1050. The third kappa shape index (κ3) is 2.66. The molecule has 7 nitrogen and oxygen atoms in total. The van der Waals surface area contributed by atoms with E-state index in [0.29, 0.717) is 16.3 Å². The molecule has 1 aliphatic rings. The van der Waals surface area contributed by atoms with Gasteiger partial charge in [-0.25, -0.2) is 19.3 Å². The lowest BCUT2D eigenvalue weighted by atomic mass is 10.2. The van der Waals surface area contributed by atoms with Crippen LogP contribution in [0.25, 0.3) is 11.0 Å². The van der Waals surface area contributed by atoms with Crippen LogP contribution in [-0.2, 0) is 0 Å². The van der Waals surface area contributed by atoms with E-state index in [1.165, 1.54) is 12.4 Å². The maximum atomic E-state index is 14.0. The van der Waals surface area contributed by atoms with Crippen molar-refractivity contribution in [2.45, 2.75) is 31.8 Å². The lowest BCUT2D eigenvalue weighted by Gasteiger charge is -2.17. The number of nitrogens with one attached hydrogen (secondary N) is 1. The summed E-state index contributed by atoms with van der Waals surface area (Å²) in [5.74, 6) is 0.918. The van der Waals surface area contributed by atoms with E-state index >= 15 is 0 Å². The molecule has 26 heavy (non-hydrogen) atoms. The van der Waals surface area contributed by atoms with E-state index in [9.17, 15) is 9.65 Å². The summed E-state index contributed by atoms with van der Waals surface area (Å²) in [4.78, 5) is 12.7. The maximum absolute atomic E-state index is 14.0. The number of hydrogen-bond donors (Lipinski definition) is 2. The van der Waals surface area contributed by atoms with Gasteiger partial charge in [-0.05, 0) is 47.8 Å². The number of nitrogen functional groups attached to an aromatic ring is 1. The summed E-state index contributed by atoms with van der Waals surface area (Å²) in [6.45, 7) is 1.92. The van der Waals surface area contributed by atoms with Crippen molar-refractivity contribution in [1.29, 1.82) is 5.26 Å². The van der Waals surface area contributed by atoms with Crippen molar-refractivity contribution in [1.82, 2.24) is 19.5 Å². The van der Waals surface area contributed by atoms with Crippen LogP contribution in [-0.4, -0.2) is 19.5 Å². The minimum atomic E-state index is -0.318. The number of halogens is 2. The van der Waals surface area contributed by atoms with Gasteiger partial charge in [0.2, 0.25) is 0 Å². The van der Waals surface area contributed by atoms with E-state index < -0.39 is 0 Å². The highest BCUT2D eigenvalue weighted by atomic mass is 79.9. The predicted octanol–water partition coefficient (Wildman–Crippen LogP) is 3.69. The van der Waals surface area contributed by atoms with Crippen molar-refractivity contribution in [3.63, 3.8) is 0 Å². The highest BCUT2D eigenvalue weighted by molar-refractivity contribution is 9.10. The van der Waals surface area contributed by atoms with Crippen LogP contribution >= 0.6 is 15.9 Å². The second-order valence-corrected chi connectivity index (χ2v) is 7.05. The van der Waals surface area contributed by atoms with Gasteiger partial charge in [0.05, 0.1) is 21.5 Å². The number of hydrogen-bond acceptors (Lipinski definition) is 6. The summed E-state index contributed by atoms with van der Waals surface area (Å²) >= 11 is 3.35. The van der Waals surface area contributed by atoms with Gasteiger partial charge >= 0.3 is 0 Å². The normalized spacial score (nSPS) is 15.0. The van der Waals surface area contributed by atoms with Crippen LogP contribution in [0.1, 0.15) is 43.2 Å².